The molecule has 0 atom stereocenters. The van der Waals surface area contributed by atoms with Gasteiger partial charge in [-0.2, -0.15) is 0 Å². The maximum absolute atomic E-state index is 14.9. The first-order chi connectivity index (χ1) is 38.9. The topological polar surface area (TPSA) is 137 Å². The first-order valence-corrected chi connectivity index (χ1v) is 28.8. The molecule has 0 bridgehead atoms. The van der Waals surface area contributed by atoms with Gasteiger partial charge in [-0.15, -0.1) is 0 Å². The number of carbonyl (C=O) groups is 4. The van der Waals surface area contributed by atoms with E-state index in [1.807, 2.05) is 82.6 Å². The van der Waals surface area contributed by atoms with Gasteiger partial charge in [-0.1, -0.05) is 60.7 Å². The summed E-state index contributed by atoms with van der Waals surface area (Å²) in [5, 5.41) is 3.06. The number of rotatable bonds is 18. The summed E-state index contributed by atoms with van der Waals surface area (Å²) >= 11 is 0. The molecule has 2 spiro atoms. The molecule has 0 aromatic heterocycles. The lowest BCUT2D eigenvalue weighted by Crippen LogP contribution is -2.59. The molecule has 1 fully saturated rings. The SMILES string of the molecule is CCN(CC)c1ccc2c(c1)Oc1cc(N(CC)CC)ccc1C21c2ccccc2C(=O)N1NC(=O)CN1CCN(CC(=O)NN2C(=O)c3ccccc3C23c2ccc(N(CC)CC)cc2Oc2cc(N(CC)CC)ccc23)CC1. The number of ether oxygens (including phenoxy) is 2. The van der Waals surface area contributed by atoms with E-state index in [1.54, 1.807) is 0 Å². The first-order valence-electron chi connectivity index (χ1n) is 28.8. The van der Waals surface area contributed by atoms with Gasteiger partial charge in [0.25, 0.3) is 23.6 Å². The van der Waals surface area contributed by atoms with Crippen molar-refractivity contribution in [3.8, 4) is 23.0 Å². The summed E-state index contributed by atoms with van der Waals surface area (Å²) in [6, 6.07) is 39.9. The molecule has 0 aliphatic carbocycles. The summed E-state index contributed by atoms with van der Waals surface area (Å²) < 4.78 is 13.7. The van der Waals surface area contributed by atoms with Crippen LogP contribution >= 0.6 is 0 Å². The van der Waals surface area contributed by atoms with Crippen LogP contribution in [0.15, 0.2) is 121 Å². The van der Waals surface area contributed by atoms with Gasteiger partial charge in [-0.3, -0.25) is 39.8 Å². The molecule has 1 saturated heterocycles. The average Bonchev–Trinajstić information content (AvgIpc) is 4.03. The van der Waals surface area contributed by atoms with E-state index >= 15 is 0 Å². The molecule has 16 heteroatoms. The molecule has 80 heavy (non-hydrogen) atoms. The minimum absolute atomic E-state index is 0.0180. The molecular formula is C64H74N10O6. The van der Waals surface area contributed by atoms with Crippen LogP contribution in [0, 0.1) is 0 Å². The highest BCUT2D eigenvalue weighted by Gasteiger charge is 2.59. The molecule has 0 unspecified atom stereocenters. The monoisotopic (exact) mass is 1080 g/mol. The van der Waals surface area contributed by atoms with Gasteiger partial charge in [-0.25, -0.2) is 10.0 Å². The highest BCUT2D eigenvalue weighted by Crippen LogP contribution is 2.59. The molecule has 416 valence electrons. The maximum atomic E-state index is 14.9. The minimum Gasteiger partial charge on any atom is -0.456 e. The number of nitrogens with zero attached hydrogens (tertiary/aromatic N) is 8. The quantitative estimate of drug-likeness (QED) is 0.0850. The Labute approximate surface area is 470 Å². The van der Waals surface area contributed by atoms with Crippen molar-refractivity contribution in [3.63, 3.8) is 0 Å². The van der Waals surface area contributed by atoms with Crippen molar-refractivity contribution in [2.45, 2.75) is 66.5 Å². The zero-order chi connectivity index (χ0) is 56.0. The molecule has 5 heterocycles. The largest absolute Gasteiger partial charge is 0.456 e. The molecule has 5 aliphatic rings. The summed E-state index contributed by atoms with van der Waals surface area (Å²) in [6.07, 6.45) is 0. The van der Waals surface area contributed by atoms with Crippen LogP contribution in [-0.2, 0) is 20.7 Å². The van der Waals surface area contributed by atoms with Crippen molar-refractivity contribution in [2.24, 2.45) is 0 Å². The van der Waals surface area contributed by atoms with Crippen molar-refractivity contribution in [2.75, 3.05) is 111 Å². The molecule has 4 amide bonds. The second-order valence-electron chi connectivity index (χ2n) is 21.0. The van der Waals surface area contributed by atoms with Crippen molar-refractivity contribution < 1.29 is 28.7 Å². The van der Waals surface area contributed by atoms with Crippen molar-refractivity contribution in [3.05, 3.63) is 166 Å². The fourth-order valence-corrected chi connectivity index (χ4v) is 13.2. The fraction of sp³-hybridized carbons (Fsp3) is 0.375. The van der Waals surface area contributed by atoms with E-state index in [-0.39, 0.29) is 36.7 Å². The lowest BCUT2D eigenvalue weighted by atomic mass is 9.75. The molecule has 0 saturated carbocycles. The number of anilines is 4. The van der Waals surface area contributed by atoms with E-state index in [0.717, 1.165) is 108 Å². The number of carbonyl (C=O) groups excluding carboxylic acids is 4. The predicted molar refractivity (Wildman–Crippen MR) is 314 cm³/mol. The molecule has 0 radical (unpaired) electrons. The summed E-state index contributed by atoms with van der Waals surface area (Å²) in [4.78, 5) is 72.2. The number of benzene rings is 6. The summed E-state index contributed by atoms with van der Waals surface area (Å²) in [5.74, 6) is 1.17. The second kappa shape index (κ2) is 21.9. The van der Waals surface area contributed by atoms with Crippen LogP contribution in [0.3, 0.4) is 0 Å². The summed E-state index contributed by atoms with van der Waals surface area (Å²) in [7, 11) is 0. The Morgan fingerprint density at radius 1 is 0.412 bits per heavy atom. The molecule has 5 aliphatic heterocycles. The lowest BCUT2D eigenvalue weighted by molar-refractivity contribution is -0.130. The molecule has 6 aromatic rings. The Morgan fingerprint density at radius 2 is 0.688 bits per heavy atom. The average molecular weight is 1080 g/mol. The summed E-state index contributed by atoms with van der Waals surface area (Å²) in [5.41, 5.74) is 13.4. The van der Waals surface area contributed by atoms with Crippen molar-refractivity contribution in [1.82, 2.24) is 30.7 Å². The number of nitrogens with one attached hydrogen (secondary N) is 2. The number of fused-ring (bicyclic) bond motifs is 12. The number of hydrogen-bond acceptors (Lipinski definition) is 12. The second-order valence-corrected chi connectivity index (χ2v) is 21.0. The minimum atomic E-state index is -1.24. The van der Waals surface area contributed by atoms with Gasteiger partial charge in [0.1, 0.15) is 34.1 Å². The van der Waals surface area contributed by atoms with Crippen molar-refractivity contribution in [1.29, 1.82) is 0 Å². The van der Waals surface area contributed by atoms with Crippen LogP contribution in [0.2, 0.25) is 0 Å². The van der Waals surface area contributed by atoms with Gasteiger partial charge in [-0.05, 0) is 91.8 Å². The van der Waals surface area contributed by atoms with Gasteiger partial charge in [0.2, 0.25) is 0 Å². The van der Waals surface area contributed by atoms with Crippen LogP contribution < -0.4 is 39.9 Å². The number of hydrazine groups is 2. The molecule has 11 rings (SSSR count). The standard InChI is InChI=1S/C64H74N10O6/c1-9-69(10-2)43-25-29-51-55(37-43)79-56-38-44(70(11-3)12-4)26-30-52(56)63(51)49-23-19-17-21-47(49)61(77)73(63)65-59(75)41-67-33-35-68(36-34-67)42-60(76)66-74-62(78)48-22-18-20-24-50(48)64(74)53-31-27-45(71(13-5)14-6)39-57(53)80-58-40-46(28-32-54(58)64)72(15-7)16-8/h17-32,37-40H,9-16,33-36,41-42H2,1-8H3,(H,65,75)(H,66,76). The number of piperazine rings is 1. The zero-order valence-electron chi connectivity index (χ0n) is 47.5. The molecule has 16 nitrogen and oxygen atoms in total. The Hall–Kier alpha value is -8.08. The van der Waals surface area contributed by atoms with Gasteiger partial charge in [0.15, 0.2) is 0 Å². The molecule has 2 N–H and O–H groups in total. The van der Waals surface area contributed by atoms with E-state index in [9.17, 15) is 19.2 Å². The van der Waals surface area contributed by atoms with Crippen LogP contribution in [0.25, 0.3) is 0 Å². The van der Waals surface area contributed by atoms with E-state index < -0.39 is 11.1 Å². The molecular weight excluding hydrogens is 1000 g/mol. The number of hydrogen-bond donors (Lipinski definition) is 2. The van der Waals surface area contributed by atoms with Gasteiger partial charge < -0.3 is 29.1 Å². The van der Waals surface area contributed by atoms with E-state index in [0.29, 0.717) is 60.3 Å². The zero-order valence-corrected chi connectivity index (χ0v) is 47.5. The molecule has 6 aromatic carbocycles. The normalized spacial score (nSPS) is 16.2. The van der Waals surface area contributed by atoms with Gasteiger partial charge in [0.05, 0.1) is 13.1 Å². The van der Waals surface area contributed by atoms with Crippen LogP contribution in [0.4, 0.5) is 22.7 Å². The highest BCUT2D eigenvalue weighted by atomic mass is 16.5. The fourth-order valence-electron chi connectivity index (χ4n) is 13.2. The lowest BCUT2D eigenvalue weighted by Gasteiger charge is -2.44. The van der Waals surface area contributed by atoms with Crippen LogP contribution in [0.1, 0.15) is 109 Å². The van der Waals surface area contributed by atoms with Crippen LogP contribution in [0.5, 0.6) is 23.0 Å². The number of amides is 4. The van der Waals surface area contributed by atoms with E-state index in [2.05, 4.69) is 134 Å². The van der Waals surface area contributed by atoms with Gasteiger partial charge >= 0.3 is 0 Å². The maximum Gasteiger partial charge on any atom is 0.274 e. The Bertz CT molecular complexity index is 3010. The summed E-state index contributed by atoms with van der Waals surface area (Å²) in [6.45, 7) is 25.4. The predicted octanol–water partition coefficient (Wildman–Crippen LogP) is 9.16. The Morgan fingerprint density at radius 3 is 0.963 bits per heavy atom. The third-order valence-electron chi connectivity index (χ3n) is 17.2. The third-order valence-corrected chi connectivity index (χ3v) is 17.2. The van der Waals surface area contributed by atoms with Crippen LogP contribution in [-0.4, -0.2) is 135 Å². The van der Waals surface area contributed by atoms with E-state index in [4.69, 9.17) is 9.47 Å². The van der Waals surface area contributed by atoms with Crippen molar-refractivity contribution >= 4 is 46.4 Å². The smallest absolute Gasteiger partial charge is 0.274 e. The Kier molecular flexibility index (Phi) is 14.7. The van der Waals surface area contributed by atoms with E-state index in [1.165, 1.54) is 10.0 Å². The first kappa shape index (κ1) is 53.9. The van der Waals surface area contributed by atoms with Gasteiger partial charge in [0, 0.05) is 170 Å². The highest BCUT2D eigenvalue weighted by molar-refractivity contribution is 6.04. The Balaban J connectivity index is 0.842. The third kappa shape index (κ3) is 8.65.